The van der Waals surface area contributed by atoms with Gasteiger partial charge >= 0.3 is 0 Å². The van der Waals surface area contributed by atoms with Crippen LogP contribution >= 0.6 is 0 Å². The molecule has 0 aliphatic carbocycles. The van der Waals surface area contributed by atoms with Crippen LogP contribution in [0.2, 0.25) is 0 Å². The summed E-state index contributed by atoms with van der Waals surface area (Å²) >= 11 is 0. The van der Waals surface area contributed by atoms with Gasteiger partial charge in [-0.15, -0.1) is 0 Å². The number of nitrogens with zero attached hydrogens (tertiary/aromatic N) is 1. The Bertz CT molecular complexity index is 784. The summed E-state index contributed by atoms with van der Waals surface area (Å²) in [5, 5.41) is 10.8. The first-order chi connectivity index (χ1) is 9.69. The average molecular weight is 270 g/mol. The van der Waals surface area contributed by atoms with E-state index in [0.717, 1.165) is 11.8 Å². The SMILES string of the molecule is CCCc1c(O)nc(-c2cc3ccccc3o2)[nH]c1=O. The van der Waals surface area contributed by atoms with Gasteiger partial charge in [0.05, 0.1) is 5.56 Å². The highest BCUT2D eigenvalue weighted by molar-refractivity contribution is 5.81. The number of fused-ring (bicyclic) bond motifs is 1. The van der Waals surface area contributed by atoms with E-state index in [1.54, 1.807) is 6.07 Å². The van der Waals surface area contributed by atoms with Crippen LogP contribution in [0, 0.1) is 0 Å². The molecular weight excluding hydrogens is 256 g/mol. The molecule has 0 atom stereocenters. The minimum absolute atomic E-state index is 0.231. The van der Waals surface area contributed by atoms with E-state index in [4.69, 9.17) is 4.42 Å². The summed E-state index contributed by atoms with van der Waals surface area (Å²) in [6.07, 6.45) is 1.26. The molecule has 2 N–H and O–H groups in total. The fourth-order valence-electron chi connectivity index (χ4n) is 2.18. The van der Waals surface area contributed by atoms with E-state index in [0.29, 0.717) is 23.3 Å². The van der Waals surface area contributed by atoms with Gasteiger partial charge in [0.1, 0.15) is 5.58 Å². The van der Waals surface area contributed by atoms with Crippen LogP contribution in [0.3, 0.4) is 0 Å². The molecule has 1 aromatic carbocycles. The maximum atomic E-state index is 11.9. The van der Waals surface area contributed by atoms with Gasteiger partial charge in [-0.05, 0) is 18.6 Å². The highest BCUT2D eigenvalue weighted by Crippen LogP contribution is 2.26. The van der Waals surface area contributed by atoms with Gasteiger partial charge in [0.15, 0.2) is 11.6 Å². The van der Waals surface area contributed by atoms with Crippen LogP contribution in [0.25, 0.3) is 22.6 Å². The molecule has 0 bridgehead atoms. The fraction of sp³-hybridized carbons (Fsp3) is 0.200. The third-order valence-corrected chi connectivity index (χ3v) is 3.15. The van der Waals surface area contributed by atoms with Crippen molar-refractivity contribution in [3.05, 3.63) is 46.2 Å². The van der Waals surface area contributed by atoms with E-state index < -0.39 is 0 Å². The lowest BCUT2D eigenvalue weighted by atomic mass is 10.2. The van der Waals surface area contributed by atoms with Gasteiger partial charge in [-0.3, -0.25) is 4.79 Å². The molecule has 0 amide bonds. The minimum Gasteiger partial charge on any atom is -0.493 e. The van der Waals surface area contributed by atoms with Gasteiger partial charge in [0, 0.05) is 5.39 Å². The van der Waals surface area contributed by atoms with Crippen molar-refractivity contribution in [2.75, 3.05) is 0 Å². The Morgan fingerprint density at radius 3 is 2.85 bits per heavy atom. The Kier molecular flexibility index (Phi) is 3.02. The van der Waals surface area contributed by atoms with E-state index in [1.807, 2.05) is 31.2 Å². The Balaban J connectivity index is 2.12. The topological polar surface area (TPSA) is 79.1 Å². The molecule has 20 heavy (non-hydrogen) atoms. The zero-order valence-electron chi connectivity index (χ0n) is 11.0. The number of hydrogen-bond donors (Lipinski definition) is 2. The molecule has 3 rings (SSSR count). The summed E-state index contributed by atoms with van der Waals surface area (Å²) in [7, 11) is 0. The maximum absolute atomic E-state index is 11.9. The number of H-pyrrole nitrogens is 1. The monoisotopic (exact) mass is 270 g/mol. The summed E-state index contributed by atoms with van der Waals surface area (Å²) in [4.78, 5) is 18.6. The Hall–Kier alpha value is -2.56. The summed E-state index contributed by atoms with van der Waals surface area (Å²) in [5.41, 5.74) is 0.699. The second-order valence-electron chi connectivity index (χ2n) is 4.62. The van der Waals surface area contributed by atoms with E-state index in [1.165, 1.54) is 0 Å². The number of benzene rings is 1. The molecule has 0 aliphatic heterocycles. The molecule has 2 heterocycles. The molecule has 2 aromatic heterocycles. The standard InChI is InChI=1S/C15H14N2O3/c1-2-5-10-14(18)16-13(17-15(10)19)12-8-9-6-3-4-7-11(9)20-12/h3-4,6-8H,2,5H2,1H3,(H2,16,17,18,19). The van der Waals surface area contributed by atoms with Gasteiger partial charge in [0.2, 0.25) is 5.88 Å². The molecule has 0 spiro atoms. The van der Waals surface area contributed by atoms with Gasteiger partial charge in [-0.1, -0.05) is 31.5 Å². The van der Waals surface area contributed by atoms with Crippen LogP contribution in [0.4, 0.5) is 0 Å². The lowest BCUT2D eigenvalue weighted by Gasteiger charge is -2.02. The number of aromatic nitrogens is 2. The van der Waals surface area contributed by atoms with Crippen LogP contribution in [0.5, 0.6) is 5.88 Å². The van der Waals surface area contributed by atoms with Crippen LogP contribution < -0.4 is 5.56 Å². The van der Waals surface area contributed by atoms with E-state index >= 15 is 0 Å². The van der Waals surface area contributed by atoms with E-state index in [9.17, 15) is 9.90 Å². The number of nitrogens with one attached hydrogen (secondary N) is 1. The molecule has 3 aromatic rings. The first-order valence-corrected chi connectivity index (χ1v) is 6.50. The third kappa shape index (κ3) is 2.07. The first kappa shape index (κ1) is 12.5. The predicted octanol–water partition coefficient (Wildman–Crippen LogP) is 2.84. The van der Waals surface area contributed by atoms with Gasteiger partial charge in [0.25, 0.3) is 5.56 Å². The largest absolute Gasteiger partial charge is 0.493 e. The first-order valence-electron chi connectivity index (χ1n) is 6.50. The maximum Gasteiger partial charge on any atom is 0.258 e. The van der Waals surface area contributed by atoms with Gasteiger partial charge in [-0.2, -0.15) is 4.98 Å². The molecule has 0 saturated carbocycles. The molecule has 102 valence electrons. The number of furan rings is 1. The van der Waals surface area contributed by atoms with Crippen molar-refractivity contribution in [2.24, 2.45) is 0 Å². The zero-order chi connectivity index (χ0) is 14.1. The van der Waals surface area contributed by atoms with Gasteiger partial charge in [-0.25, -0.2) is 0 Å². The zero-order valence-corrected chi connectivity index (χ0v) is 11.0. The molecule has 5 heteroatoms. The van der Waals surface area contributed by atoms with Gasteiger partial charge < -0.3 is 14.5 Å². The van der Waals surface area contributed by atoms with Crippen molar-refractivity contribution in [1.82, 2.24) is 9.97 Å². The smallest absolute Gasteiger partial charge is 0.258 e. The van der Waals surface area contributed by atoms with Crippen molar-refractivity contribution in [1.29, 1.82) is 0 Å². The van der Waals surface area contributed by atoms with Crippen molar-refractivity contribution in [3.8, 4) is 17.5 Å². The second-order valence-corrected chi connectivity index (χ2v) is 4.62. The van der Waals surface area contributed by atoms with Crippen LogP contribution in [0.15, 0.2) is 39.5 Å². The quantitative estimate of drug-likeness (QED) is 0.767. The highest BCUT2D eigenvalue weighted by Gasteiger charge is 2.13. The molecule has 0 fully saturated rings. The summed E-state index contributed by atoms with van der Waals surface area (Å²) < 4.78 is 5.62. The van der Waals surface area contributed by atoms with Crippen molar-refractivity contribution >= 4 is 11.0 Å². The summed E-state index contributed by atoms with van der Waals surface area (Å²) in [6.45, 7) is 1.94. The molecule has 0 radical (unpaired) electrons. The molecule has 5 nitrogen and oxygen atoms in total. The van der Waals surface area contributed by atoms with Crippen molar-refractivity contribution < 1.29 is 9.52 Å². The summed E-state index contributed by atoms with van der Waals surface area (Å²) in [6, 6.07) is 9.30. The van der Waals surface area contributed by atoms with E-state index in [2.05, 4.69) is 9.97 Å². The number of aromatic hydroxyl groups is 1. The average Bonchev–Trinajstić information content (AvgIpc) is 2.86. The Labute approximate surface area is 114 Å². The number of rotatable bonds is 3. The third-order valence-electron chi connectivity index (χ3n) is 3.15. The predicted molar refractivity (Wildman–Crippen MR) is 75.7 cm³/mol. The summed E-state index contributed by atoms with van der Waals surface area (Å²) in [5.74, 6) is 0.441. The Morgan fingerprint density at radius 1 is 1.35 bits per heavy atom. The number of para-hydroxylation sites is 1. The number of hydrogen-bond acceptors (Lipinski definition) is 4. The van der Waals surface area contributed by atoms with Crippen molar-refractivity contribution in [2.45, 2.75) is 19.8 Å². The van der Waals surface area contributed by atoms with Crippen LogP contribution in [0.1, 0.15) is 18.9 Å². The molecular formula is C15H14N2O3. The number of aromatic amines is 1. The minimum atomic E-state index is -0.324. The second kappa shape index (κ2) is 4.85. The lowest BCUT2D eigenvalue weighted by molar-refractivity contribution is 0.442. The highest BCUT2D eigenvalue weighted by atomic mass is 16.3. The van der Waals surface area contributed by atoms with Crippen molar-refractivity contribution in [3.63, 3.8) is 0 Å². The molecule has 0 saturated heterocycles. The van der Waals surface area contributed by atoms with Crippen LogP contribution in [-0.2, 0) is 6.42 Å². The normalized spacial score (nSPS) is 11.1. The van der Waals surface area contributed by atoms with Crippen LogP contribution in [-0.4, -0.2) is 15.1 Å². The lowest BCUT2D eigenvalue weighted by Crippen LogP contribution is -2.14. The fourth-order valence-corrected chi connectivity index (χ4v) is 2.18. The molecule has 0 aliphatic rings. The Morgan fingerprint density at radius 2 is 2.15 bits per heavy atom. The molecule has 0 unspecified atom stereocenters. The van der Waals surface area contributed by atoms with E-state index in [-0.39, 0.29) is 17.3 Å².